The molecule has 26 heavy (non-hydrogen) atoms. The molecule has 2 amide bonds. The van der Waals surface area contributed by atoms with E-state index in [1.165, 1.54) is 16.3 Å². The summed E-state index contributed by atoms with van der Waals surface area (Å²) in [5, 5.41) is 18.3. The van der Waals surface area contributed by atoms with Crippen molar-refractivity contribution < 1.29 is 9.90 Å². The van der Waals surface area contributed by atoms with Crippen LogP contribution in [-0.4, -0.2) is 23.7 Å². The highest BCUT2D eigenvalue weighted by Gasteiger charge is 2.39. The average molecular weight is 346 g/mol. The van der Waals surface area contributed by atoms with Crippen molar-refractivity contribution in [3.05, 3.63) is 83.9 Å². The number of aliphatic hydroxyl groups is 1. The Morgan fingerprint density at radius 3 is 2.54 bits per heavy atom. The molecule has 3 aromatic rings. The molecule has 1 aliphatic rings. The van der Waals surface area contributed by atoms with E-state index in [2.05, 4.69) is 41.0 Å². The summed E-state index contributed by atoms with van der Waals surface area (Å²) >= 11 is 0. The molecule has 1 aliphatic carbocycles. The van der Waals surface area contributed by atoms with Gasteiger partial charge in [0.1, 0.15) is 0 Å². The van der Waals surface area contributed by atoms with Gasteiger partial charge in [-0.3, -0.25) is 0 Å². The summed E-state index contributed by atoms with van der Waals surface area (Å²) in [7, 11) is 0. The van der Waals surface area contributed by atoms with Crippen molar-refractivity contribution in [1.82, 2.24) is 10.6 Å². The van der Waals surface area contributed by atoms with Crippen LogP contribution in [0.3, 0.4) is 0 Å². The fraction of sp³-hybridized carbons (Fsp3) is 0.227. The molecule has 4 rings (SSSR count). The monoisotopic (exact) mass is 346 g/mol. The van der Waals surface area contributed by atoms with E-state index in [-0.39, 0.29) is 18.6 Å². The fourth-order valence-corrected chi connectivity index (χ4v) is 3.36. The quantitative estimate of drug-likeness (QED) is 0.659. The predicted molar refractivity (Wildman–Crippen MR) is 103 cm³/mol. The first-order chi connectivity index (χ1) is 12.7. The number of aliphatic hydroxyl groups excluding tert-OH is 1. The van der Waals surface area contributed by atoms with Gasteiger partial charge >= 0.3 is 6.03 Å². The molecule has 0 aliphatic heterocycles. The van der Waals surface area contributed by atoms with E-state index in [9.17, 15) is 9.90 Å². The minimum atomic E-state index is -0.697. The van der Waals surface area contributed by atoms with Crippen LogP contribution in [0.2, 0.25) is 0 Å². The zero-order valence-electron chi connectivity index (χ0n) is 14.4. The number of carbonyl (C=O) groups excluding carboxylic acids is 1. The molecule has 0 spiro atoms. The molecule has 0 bridgehead atoms. The second-order valence-corrected chi connectivity index (χ2v) is 6.84. The van der Waals surface area contributed by atoms with Crippen LogP contribution in [0.5, 0.6) is 0 Å². The van der Waals surface area contributed by atoms with Gasteiger partial charge in [0.2, 0.25) is 0 Å². The average Bonchev–Trinajstić information content (AvgIpc) is 3.45. The summed E-state index contributed by atoms with van der Waals surface area (Å²) < 4.78 is 0. The molecule has 3 N–H and O–H groups in total. The van der Waals surface area contributed by atoms with E-state index in [0.29, 0.717) is 5.92 Å². The van der Waals surface area contributed by atoms with Crippen molar-refractivity contribution in [3.8, 4) is 0 Å². The van der Waals surface area contributed by atoms with E-state index >= 15 is 0 Å². The minimum absolute atomic E-state index is 0.157. The van der Waals surface area contributed by atoms with Gasteiger partial charge in [0.05, 0.1) is 6.10 Å². The lowest BCUT2D eigenvalue weighted by atomic mass is 10.0. The van der Waals surface area contributed by atoms with Gasteiger partial charge in [-0.25, -0.2) is 4.79 Å². The second-order valence-electron chi connectivity index (χ2n) is 6.84. The Labute approximate surface area is 152 Å². The van der Waals surface area contributed by atoms with Crippen LogP contribution in [0.15, 0.2) is 72.8 Å². The maximum Gasteiger partial charge on any atom is 0.315 e. The van der Waals surface area contributed by atoms with Gasteiger partial charge in [-0.2, -0.15) is 0 Å². The van der Waals surface area contributed by atoms with Crippen LogP contribution < -0.4 is 10.6 Å². The Balaban J connectivity index is 1.29. The topological polar surface area (TPSA) is 61.4 Å². The first-order valence-electron chi connectivity index (χ1n) is 8.97. The standard InChI is InChI=1S/C22H22N2O2/c25-21(16-7-2-1-3-8-16)14-23-22(26)24-20-13-19(20)18-11-10-15-6-4-5-9-17(15)12-18/h1-12,19-21,25H,13-14H2,(H2,23,24,26)/t19-,20+,21-/m0/s1. The van der Waals surface area contributed by atoms with Crippen molar-refractivity contribution in [2.24, 2.45) is 0 Å². The molecular formula is C22H22N2O2. The molecule has 0 unspecified atom stereocenters. The third-order valence-corrected chi connectivity index (χ3v) is 4.95. The number of rotatable bonds is 5. The van der Waals surface area contributed by atoms with Crippen LogP contribution >= 0.6 is 0 Å². The SMILES string of the molecule is O=C(NC[C@H](O)c1ccccc1)N[C@@H]1C[C@H]1c1ccc2ccccc2c1. The predicted octanol–water partition coefficient (Wildman–Crippen LogP) is 3.73. The van der Waals surface area contributed by atoms with E-state index in [4.69, 9.17) is 0 Å². The fourth-order valence-electron chi connectivity index (χ4n) is 3.36. The number of amides is 2. The summed E-state index contributed by atoms with van der Waals surface area (Å²) in [4.78, 5) is 12.1. The highest BCUT2D eigenvalue weighted by Crippen LogP contribution is 2.41. The van der Waals surface area contributed by atoms with E-state index in [0.717, 1.165) is 12.0 Å². The number of hydrogen-bond donors (Lipinski definition) is 3. The number of carbonyl (C=O) groups is 1. The van der Waals surface area contributed by atoms with E-state index in [1.807, 2.05) is 42.5 Å². The Morgan fingerprint density at radius 1 is 1.00 bits per heavy atom. The normalized spacial score (nSPS) is 19.7. The molecule has 0 aromatic heterocycles. The Bertz CT molecular complexity index is 910. The van der Waals surface area contributed by atoms with Crippen LogP contribution in [0.25, 0.3) is 10.8 Å². The first kappa shape index (κ1) is 16.6. The van der Waals surface area contributed by atoms with Gasteiger partial charge in [-0.1, -0.05) is 72.8 Å². The molecule has 0 saturated heterocycles. The summed E-state index contributed by atoms with van der Waals surface area (Å²) in [5.74, 6) is 0.365. The van der Waals surface area contributed by atoms with Crippen molar-refractivity contribution in [3.63, 3.8) is 0 Å². The zero-order valence-corrected chi connectivity index (χ0v) is 14.4. The van der Waals surface area contributed by atoms with Crippen molar-refractivity contribution in [2.75, 3.05) is 6.54 Å². The van der Waals surface area contributed by atoms with Gasteiger partial charge in [-0.05, 0) is 28.3 Å². The molecule has 4 nitrogen and oxygen atoms in total. The van der Waals surface area contributed by atoms with Gasteiger partial charge < -0.3 is 15.7 Å². The molecule has 1 fully saturated rings. The molecule has 4 heteroatoms. The third-order valence-electron chi connectivity index (χ3n) is 4.95. The summed E-state index contributed by atoms with van der Waals surface area (Å²) in [5.41, 5.74) is 2.06. The third kappa shape index (κ3) is 3.70. The maximum absolute atomic E-state index is 12.1. The van der Waals surface area contributed by atoms with Crippen LogP contribution in [0.1, 0.15) is 29.6 Å². The van der Waals surface area contributed by atoms with Gasteiger partial charge in [0, 0.05) is 18.5 Å². The van der Waals surface area contributed by atoms with Gasteiger partial charge in [0.25, 0.3) is 0 Å². The number of benzene rings is 3. The summed E-state index contributed by atoms with van der Waals surface area (Å²) in [6.45, 7) is 0.198. The Kier molecular flexibility index (Phi) is 4.59. The number of fused-ring (bicyclic) bond motifs is 1. The second kappa shape index (κ2) is 7.18. The Hall–Kier alpha value is -2.85. The molecule has 132 valence electrons. The molecule has 3 atom stereocenters. The lowest BCUT2D eigenvalue weighted by Crippen LogP contribution is -2.39. The van der Waals surface area contributed by atoms with Gasteiger partial charge in [0.15, 0.2) is 0 Å². The first-order valence-corrected chi connectivity index (χ1v) is 8.97. The molecule has 1 saturated carbocycles. The lowest BCUT2D eigenvalue weighted by molar-refractivity contribution is 0.173. The summed E-state index contributed by atoms with van der Waals surface area (Å²) in [6, 6.07) is 24.1. The largest absolute Gasteiger partial charge is 0.387 e. The lowest BCUT2D eigenvalue weighted by Gasteiger charge is -2.13. The molecule has 0 heterocycles. The number of nitrogens with one attached hydrogen (secondary N) is 2. The minimum Gasteiger partial charge on any atom is -0.387 e. The number of urea groups is 1. The molecular weight excluding hydrogens is 324 g/mol. The highest BCUT2D eigenvalue weighted by molar-refractivity contribution is 5.83. The highest BCUT2D eigenvalue weighted by atomic mass is 16.3. The van der Waals surface area contributed by atoms with Crippen LogP contribution in [0, 0.1) is 0 Å². The van der Waals surface area contributed by atoms with E-state index in [1.54, 1.807) is 0 Å². The van der Waals surface area contributed by atoms with Crippen LogP contribution in [-0.2, 0) is 0 Å². The van der Waals surface area contributed by atoms with E-state index < -0.39 is 6.10 Å². The zero-order chi connectivity index (χ0) is 17.9. The van der Waals surface area contributed by atoms with Crippen molar-refractivity contribution in [2.45, 2.75) is 24.5 Å². The molecule has 0 radical (unpaired) electrons. The summed E-state index contributed by atoms with van der Waals surface area (Å²) in [6.07, 6.45) is 0.255. The maximum atomic E-state index is 12.1. The molecule has 3 aromatic carbocycles. The Morgan fingerprint density at radius 2 is 1.73 bits per heavy atom. The smallest absolute Gasteiger partial charge is 0.315 e. The van der Waals surface area contributed by atoms with Gasteiger partial charge in [-0.15, -0.1) is 0 Å². The van der Waals surface area contributed by atoms with Crippen molar-refractivity contribution in [1.29, 1.82) is 0 Å². The van der Waals surface area contributed by atoms with Crippen molar-refractivity contribution >= 4 is 16.8 Å². The number of hydrogen-bond acceptors (Lipinski definition) is 2. The van der Waals surface area contributed by atoms with Crippen LogP contribution in [0.4, 0.5) is 4.79 Å².